The summed E-state index contributed by atoms with van der Waals surface area (Å²) >= 11 is 0. The molecule has 2 aliphatic carbocycles. The van der Waals surface area contributed by atoms with Crippen LogP contribution in [0.1, 0.15) is 45.4 Å². The van der Waals surface area contributed by atoms with E-state index >= 15 is 0 Å². The summed E-state index contributed by atoms with van der Waals surface area (Å²) in [4.78, 5) is 0. The molecule has 0 bridgehead atoms. The van der Waals surface area contributed by atoms with Crippen LogP contribution in [0, 0.1) is 5.41 Å². The van der Waals surface area contributed by atoms with Crippen molar-refractivity contribution in [2.24, 2.45) is 5.41 Å². The Morgan fingerprint density at radius 2 is 1.60 bits per heavy atom. The fourth-order valence-electron chi connectivity index (χ4n) is 3.04. The van der Waals surface area contributed by atoms with Gasteiger partial charge in [0, 0.05) is 0 Å². The summed E-state index contributed by atoms with van der Waals surface area (Å²) in [6.45, 7) is 1.97. The van der Waals surface area contributed by atoms with Crippen LogP contribution in [0.25, 0.3) is 0 Å². The Morgan fingerprint density at radius 1 is 1.10 bits per heavy atom. The summed E-state index contributed by atoms with van der Waals surface area (Å²) in [5, 5.41) is 9.54. The van der Waals surface area contributed by atoms with Crippen LogP contribution < -0.4 is 0 Å². The molecule has 2 saturated carbocycles. The smallest absolute Gasteiger partial charge is 0.0630 e. The van der Waals surface area contributed by atoms with Crippen molar-refractivity contribution >= 4 is 0 Å². The van der Waals surface area contributed by atoms with Crippen molar-refractivity contribution in [3.8, 4) is 0 Å². The maximum absolute atomic E-state index is 9.54. The van der Waals surface area contributed by atoms with Gasteiger partial charge in [0.05, 0.1) is 5.60 Å². The van der Waals surface area contributed by atoms with E-state index < -0.39 is 0 Å². The third-order valence-corrected chi connectivity index (χ3v) is 3.18. The Hall–Kier alpha value is -0.0400. The Morgan fingerprint density at radius 3 is 2.00 bits per heavy atom. The average Bonchev–Trinajstić information content (AvgIpc) is 2.10. The molecule has 0 atom stereocenters. The first-order chi connectivity index (χ1) is 4.62. The van der Waals surface area contributed by atoms with E-state index in [2.05, 4.69) is 0 Å². The SMILES string of the molecule is CC1(O)CC2(CCCC2)C1. The maximum atomic E-state index is 9.54. The molecule has 1 N–H and O–H groups in total. The first-order valence-corrected chi connectivity index (χ1v) is 4.34. The Labute approximate surface area is 62.4 Å². The summed E-state index contributed by atoms with van der Waals surface area (Å²) < 4.78 is 0. The molecule has 2 rings (SSSR count). The molecule has 0 aromatic heterocycles. The zero-order valence-electron chi connectivity index (χ0n) is 6.69. The van der Waals surface area contributed by atoms with Crippen molar-refractivity contribution in [2.45, 2.75) is 51.0 Å². The highest BCUT2D eigenvalue weighted by molar-refractivity contribution is 5.03. The van der Waals surface area contributed by atoms with Crippen LogP contribution in [0.3, 0.4) is 0 Å². The minimum absolute atomic E-state index is 0.301. The molecule has 1 heteroatoms. The van der Waals surface area contributed by atoms with Crippen molar-refractivity contribution in [3.05, 3.63) is 0 Å². The van der Waals surface area contributed by atoms with E-state index in [9.17, 15) is 5.11 Å². The lowest BCUT2D eigenvalue weighted by Gasteiger charge is -2.50. The zero-order valence-corrected chi connectivity index (χ0v) is 6.69. The highest BCUT2D eigenvalue weighted by atomic mass is 16.3. The predicted molar refractivity (Wildman–Crippen MR) is 40.8 cm³/mol. The Kier molecular flexibility index (Phi) is 1.17. The van der Waals surface area contributed by atoms with Crippen molar-refractivity contribution in [1.29, 1.82) is 0 Å². The predicted octanol–water partition coefficient (Wildman–Crippen LogP) is 2.09. The van der Waals surface area contributed by atoms with E-state index in [1.165, 1.54) is 25.7 Å². The minimum Gasteiger partial charge on any atom is -0.390 e. The Bertz CT molecular complexity index is 133. The molecule has 1 nitrogen and oxygen atoms in total. The van der Waals surface area contributed by atoms with Gasteiger partial charge in [-0.25, -0.2) is 0 Å². The normalized spacial score (nSPS) is 34.2. The molecule has 58 valence electrons. The van der Waals surface area contributed by atoms with Gasteiger partial charge in [0.1, 0.15) is 0 Å². The van der Waals surface area contributed by atoms with Gasteiger partial charge in [0.2, 0.25) is 0 Å². The van der Waals surface area contributed by atoms with E-state index in [0.717, 1.165) is 12.8 Å². The maximum Gasteiger partial charge on any atom is 0.0630 e. The van der Waals surface area contributed by atoms with Crippen molar-refractivity contribution < 1.29 is 5.11 Å². The van der Waals surface area contributed by atoms with E-state index in [4.69, 9.17) is 0 Å². The fraction of sp³-hybridized carbons (Fsp3) is 1.00. The molecule has 0 heterocycles. The summed E-state index contributed by atoms with van der Waals surface area (Å²) in [5.41, 5.74) is 0.299. The molecule has 0 aromatic rings. The lowest BCUT2D eigenvalue weighted by molar-refractivity contribution is -0.111. The molecule has 0 radical (unpaired) electrons. The number of rotatable bonds is 0. The third-order valence-electron chi connectivity index (χ3n) is 3.18. The van der Waals surface area contributed by atoms with Crippen molar-refractivity contribution in [2.75, 3.05) is 0 Å². The second-order valence-corrected chi connectivity index (χ2v) is 4.56. The first kappa shape index (κ1) is 6.66. The molecule has 0 aliphatic heterocycles. The number of hydrogen-bond donors (Lipinski definition) is 1. The minimum atomic E-state index is -0.301. The number of aliphatic hydroxyl groups is 1. The van der Waals surface area contributed by atoms with Gasteiger partial charge in [0.25, 0.3) is 0 Å². The summed E-state index contributed by atoms with van der Waals surface area (Å²) in [7, 11) is 0. The molecular formula is C9H16O. The molecular weight excluding hydrogens is 124 g/mol. The van der Waals surface area contributed by atoms with Crippen LogP contribution in [0.5, 0.6) is 0 Å². The summed E-state index contributed by atoms with van der Waals surface area (Å²) in [5.74, 6) is 0. The summed E-state index contributed by atoms with van der Waals surface area (Å²) in [6, 6.07) is 0. The first-order valence-electron chi connectivity index (χ1n) is 4.34. The fourth-order valence-corrected chi connectivity index (χ4v) is 3.04. The highest BCUT2D eigenvalue weighted by Crippen LogP contribution is 2.57. The van der Waals surface area contributed by atoms with Gasteiger partial charge in [-0.05, 0) is 38.0 Å². The average molecular weight is 140 g/mol. The highest BCUT2D eigenvalue weighted by Gasteiger charge is 2.51. The van der Waals surface area contributed by atoms with Crippen LogP contribution in [0.2, 0.25) is 0 Å². The molecule has 2 fully saturated rings. The second kappa shape index (κ2) is 1.76. The molecule has 2 aliphatic rings. The van der Waals surface area contributed by atoms with Gasteiger partial charge in [-0.3, -0.25) is 0 Å². The number of hydrogen-bond acceptors (Lipinski definition) is 1. The van der Waals surface area contributed by atoms with E-state index in [1.807, 2.05) is 6.92 Å². The van der Waals surface area contributed by atoms with E-state index in [-0.39, 0.29) is 5.60 Å². The van der Waals surface area contributed by atoms with E-state index in [0.29, 0.717) is 5.41 Å². The van der Waals surface area contributed by atoms with Gasteiger partial charge in [-0.2, -0.15) is 0 Å². The summed E-state index contributed by atoms with van der Waals surface area (Å²) in [6.07, 6.45) is 7.69. The van der Waals surface area contributed by atoms with Crippen LogP contribution >= 0.6 is 0 Å². The standard InChI is InChI=1S/C9H16O/c1-8(10)6-9(7-8)4-2-3-5-9/h10H,2-7H2,1H3. The molecule has 1 spiro atoms. The topological polar surface area (TPSA) is 20.2 Å². The molecule has 0 amide bonds. The second-order valence-electron chi connectivity index (χ2n) is 4.56. The van der Waals surface area contributed by atoms with E-state index in [1.54, 1.807) is 0 Å². The largest absolute Gasteiger partial charge is 0.390 e. The van der Waals surface area contributed by atoms with Gasteiger partial charge in [0.15, 0.2) is 0 Å². The zero-order chi connectivity index (χ0) is 7.24. The lowest BCUT2D eigenvalue weighted by atomic mass is 9.59. The van der Waals surface area contributed by atoms with Gasteiger partial charge in [-0.15, -0.1) is 0 Å². The molecule has 0 saturated heterocycles. The van der Waals surface area contributed by atoms with Gasteiger partial charge >= 0.3 is 0 Å². The molecule has 0 aromatic carbocycles. The van der Waals surface area contributed by atoms with Crippen LogP contribution in [0.4, 0.5) is 0 Å². The van der Waals surface area contributed by atoms with Crippen LogP contribution in [-0.4, -0.2) is 10.7 Å². The van der Waals surface area contributed by atoms with Gasteiger partial charge in [-0.1, -0.05) is 12.8 Å². The molecule has 10 heavy (non-hydrogen) atoms. The third kappa shape index (κ3) is 0.878. The molecule has 0 unspecified atom stereocenters. The van der Waals surface area contributed by atoms with Crippen LogP contribution in [0.15, 0.2) is 0 Å². The Balaban J connectivity index is 1.98. The monoisotopic (exact) mass is 140 g/mol. The van der Waals surface area contributed by atoms with Crippen molar-refractivity contribution in [1.82, 2.24) is 0 Å². The quantitative estimate of drug-likeness (QED) is 0.546. The van der Waals surface area contributed by atoms with Crippen molar-refractivity contribution in [3.63, 3.8) is 0 Å². The lowest BCUT2D eigenvalue weighted by Crippen LogP contribution is -2.48. The van der Waals surface area contributed by atoms with Crippen LogP contribution in [-0.2, 0) is 0 Å². The van der Waals surface area contributed by atoms with Gasteiger partial charge < -0.3 is 5.11 Å².